The summed E-state index contributed by atoms with van der Waals surface area (Å²) in [7, 11) is 0. The summed E-state index contributed by atoms with van der Waals surface area (Å²) in [5.74, 6) is 0.274. The molecule has 0 fully saturated rings. The van der Waals surface area contributed by atoms with E-state index in [4.69, 9.17) is 0 Å². The number of nitrogens with zero attached hydrogens (tertiary/aromatic N) is 2. The molecule has 0 radical (unpaired) electrons. The van der Waals surface area contributed by atoms with Crippen molar-refractivity contribution in [3.63, 3.8) is 0 Å². The zero-order valence-corrected chi connectivity index (χ0v) is 8.57. The number of allylic oxidation sites excluding steroid dienone is 1. The second-order valence-corrected chi connectivity index (χ2v) is 4.02. The van der Waals surface area contributed by atoms with Crippen molar-refractivity contribution in [3.05, 3.63) is 24.0 Å². The van der Waals surface area contributed by atoms with Crippen molar-refractivity contribution >= 4 is 5.76 Å². The third kappa shape index (κ3) is 2.11. The molecule has 1 heterocycles. The van der Waals surface area contributed by atoms with Crippen LogP contribution in [-0.2, 0) is 5.54 Å². The first kappa shape index (κ1) is 9.84. The normalized spacial score (nSPS) is 13.4. The average Bonchev–Trinajstić information content (AvgIpc) is 2.50. The standard InChI is InChI=1S/C10H16N2O/c1-5-9(13)8-6-11-12(7-8)10(2,3)4/h5-7,13H,1-4H3/b9-5+. The number of aliphatic hydroxyl groups is 1. The zero-order valence-electron chi connectivity index (χ0n) is 8.57. The second-order valence-electron chi connectivity index (χ2n) is 4.02. The van der Waals surface area contributed by atoms with E-state index in [0.717, 1.165) is 5.56 Å². The Morgan fingerprint density at radius 2 is 2.15 bits per heavy atom. The summed E-state index contributed by atoms with van der Waals surface area (Å²) in [5.41, 5.74) is 0.726. The molecule has 0 aliphatic rings. The van der Waals surface area contributed by atoms with E-state index in [-0.39, 0.29) is 11.3 Å². The third-order valence-corrected chi connectivity index (χ3v) is 1.84. The van der Waals surface area contributed by atoms with Crippen LogP contribution < -0.4 is 0 Å². The molecule has 1 N–H and O–H groups in total. The highest BCUT2D eigenvalue weighted by atomic mass is 16.3. The Morgan fingerprint density at radius 3 is 2.54 bits per heavy atom. The number of hydrogen-bond donors (Lipinski definition) is 1. The Balaban J connectivity index is 3.00. The lowest BCUT2D eigenvalue weighted by Gasteiger charge is -2.18. The Bertz CT molecular complexity index is 318. The number of rotatable bonds is 1. The van der Waals surface area contributed by atoms with E-state index in [2.05, 4.69) is 25.9 Å². The van der Waals surface area contributed by atoms with Gasteiger partial charge in [0, 0.05) is 6.20 Å². The van der Waals surface area contributed by atoms with Gasteiger partial charge < -0.3 is 5.11 Å². The number of aromatic nitrogens is 2. The highest BCUT2D eigenvalue weighted by Crippen LogP contribution is 2.16. The molecule has 1 aromatic rings. The summed E-state index contributed by atoms with van der Waals surface area (Å²) >= 11 is 0. The predicted molar refractivity (Wildman–Crippen MR) is 53.5 cm³/mol. The van der Waals surface area contributed by atoms with Gasteiger partial charge in [-0.15, -0.1) is 0 Å². The molecule has 13 heavy (non-hydrogen) atoms. The molecule has 72 valence electrons. The molecule has 3 heteroatoms. The molecule has 0 atom stereocenters. The summed E-state index contributed by atoms with van der Waals surface area (Å²) in [6.45, 7) is 7.99. The molecule has 0 spiro atoms. The van der Waals surface area contributed by atoms with Gasteiger partial charge in [0.15, 0.2) is 0 Å². The number of hydrogen-bond acceptors (Lipinski definition) is 2. The van der Waals surface area contributed by atoms with E-state index in [1.807, 2.05) is 10.9 Å². The first-order valence-corrected chi connectivity index (χ1v) is 4.36. The topological polar surface area (TPSA) is 38.1 Å². The van der Waals surface area contributed by atoms with Crippen LogP contribution in [0.5, 0.6) is 0 Å². The second kappa shape index (κ2) is 3.24. The van der Waals surface area contributed by atoms with E-state index in [1.54, 1.807) is 19.2 Å². The van der Waals surface area contributed by atoms with Gasteiger partial charge in [0.05, 0.1) is 17.3 Å². The summed E-state index contributed by atoms with van der Waals surface area (Å²) in [6, 6.07) is 0. The Hall–Kier alpha value is -1.25. The van der Waals surface area contributed by atoms with Gasteiger partial charge in [0.25, 0.3) is 0 Å². The maximum atomic E-state index is 9.42. The van der Waals surface area contributed by atoms with Gasteiger partial charge in [-0.3, -0.25) is 4.68 Å². The van der Waals surface area contributed by atoms with E-state index in [1.165, 1.54) is 0 Å². The van der Waals surface area contributed by atoms with Crippen molar-refractivity contribution in [2.75, 3.05) is 0 Å². The Labute approximate surface area is 78.7 Å². The van der Waals surface area contributed by atoms with Gasteiger partial charge in [-0.25, -0.2) is 0 Å². The van der Waals surface area contributed by atoms with Crippen molar-refractivity contribution in [2.45, 2.75) is 33.2 Å². The zero-order chi connectivity index (χ0) is 10.1. The summed E-state index contributed by atoms with van der Waals surface area (Å²) in [5, 5.41) is 13.6. The molecule has 1 aromatic heterocycles. The molecule has 1 rings (SSSR count). The van der Waals surface area contributed by atoms with Crippen LogP contribution in [0.2, 0.25) is 0 Å². The molecule has 0 amide bonds. The first-order valence-electron chi connectivity index (χ1n) is 4.36. The maximum Gasteiger partial charge on any atom is 0.121 e. The molecular formula is C10H16N2O. The van der Waals surface area contributed by atoms with Gasteiger partial charge in [0.2, 0.25) is 0 Å². The SMILES string of the molecule is C/C=C(/O)c1cnn(C(C)(C)C)c1. The summed E-state index contributed by atoms with van der Waals surface area (Å²) in [4.78, 5) is 0. The van der Waals surface area contributed by atoms with Gasteiger partial charge in [-0.2, -0.15) is 5.10 Å². The summed E-state index contributed by atoms with van der Waals surface area (Å²) < 4.78 is 1.84. The number of aliphatic hydroxyl groups excluding tert-OH is 1. The van der Waals surface area contributed by atoms with E-state index in [0.29, 0.717) is 0 Å². The monoisotopic (exact) mass is 180 g/mol. The van der Waals surface area contributed by atoms with Gasteiger partial charge in [0.1, 0.15) is 5.76 Å². The first-order chi connectivity index (χ1) is 5.95. The third-order valence-electron chi connectivity index (χ3n) is 1.84. The molecule has 0 unspecified atom stereocenters. The Kier molecular flexibility index (Phi) is 2.45. The van der Waals surface area contributed by atoms with Gasteiger partial charge >= 0.3 is 0 Å². The van der Waals surface area contributed by atoms with E-state index >= 15 is 0 Å². The van der Waals surface area contributed by atoms with Crippen LogP contribution in [0, 0.1) is 0 Å². The highest BCUT2D eigenvalue weighted by molar-refractivity contribution is 5.56. The van der Waals surface area contributed by atoms with Crippen molar-refractivity contribution in [2.24, 2.45) is 0 Å². The van der Waals surface area contributed by atoms with Crippen LogP contribution in [-0.4, -0.2) is 14.9 Å². The summed E-state index contributed by atoms with van der Waals surface area (Å²) in [6.07, 6.45) is 5.17. The lowest BCUT2D eigenvalue weighted by molar-refractivity contribution is 0.355. The minimum absolute atomic E-state index is 0.0354. The van der Waals surface area contributed by atoms with E-state index < -0.39 is 0 Å². The van der Waals surface area contributed by atoms with Crippen LogP contribution in [0.1, 0.15) is 33.3 Å². The predicted octanol–water partition coefficient (Wildman–Crippen LogP) is 2.56. The van der Waals surface area contributed by atoms with Gasteiger partial charge in [-0.05, 0) is 33.8 Å². The van der Waals surface area contributed by atoms with E-state index in [9.17, 15) is 5.11 Å². The average molecular weight is 180 g/mol. The molecule has 0 aromatic carbocycles. The fourth-order valence-electron chi connectivity index (χ4n) is 0.989. The quantitative estimate of drug-likeness (QED) is 0.674. The van der Waals surface area contributed by atoms with Crippen LogP contribution in [0.4, 0.5) is 0 Å². The molecule has 3 nitrogen and oxygen atoms in total. The van der Waals surface area contributed by atoms with Crippen LogP contribution in [0.15, 0.2) is 18.5 Å². The fourth-order valence-corrected chi connectivity index (χ4v) is 0.989. The fraction of sp³-hybridized carbons (Fsp3) is 0.500. The molecule has 0 bridgehead atoms. The smallest absolute Gasteiger partial charge is 0.121 e. The molecule has 0 saturated carbocycles. The van der Waals surface area contributed by atoms with Crippen LogP contribution in [0.3, 0.4) is 0 Å². The Morgan fingerprint density at radius 1 is 1.54 bits per heavy atom. The molecule has 0 aliphatic carbocycles. The van der Waals surface area contributed by atoms with Crippen molar-refractivity contribution in [3.8, 4) is 0 Å². The maximum absolute atomic E-state index is 9.42. The van der Waals surface area contributed by atoms with Gasteiger partial charge in [-0.1, -0.05) is 0 Å². The molecule has 0 saturated heterocycles. The minimum atomic E-state index is -0.0354. The van der Waals surface area contributed by atoms with Crippen LogP contribution >= 0.6 is 0 Å². The largest absolute Gasteiger partial charge is 0.508 e. The lowest BCUT2D eigenvalue weighted by Crippen LogP contribution is -2.21. The van der Waals surface area contributed by atoms with Crippen molar-refractivity contribution in [1.29, 1.82) is 0 Å². The van der Waals surface area contributed by atoms with Crippen molar-refractivity contribution < 1.29 is 5.11 Å². The minimum Gasteiger partial charge on any atom is -0.508 e. The molecular weight excluding hydrogens is 164 g/mol. The molecule has 0 aliphatic heterocycles. The lowest BCUT2D eigenvalue weighted by atomic mass is 10.1. The highest BCUT2D eigenvalue weighted by Gasteiger charge is 2.14. The van der Waals surface area contributed by atoms with Crippen LogP contribution in [0.25, 0.3) is 5.76 Å². The van der Waals surface area contributed by atoms with Crippen molar-refractivity contribution in [1.82, 2.24) is 9.78 Å².